The van der Waals surface area contributed by atoms with Crippen LogP contribution in [-0.4, -0.2) is 25.6 Å². The zero-order valence-electron chi connectivity index (χ0n) is 14.6. The molecule has 25 heavy (non-hydrogen) atoms. The summed E-state index contributed by atoms with van der Waals surface area (Å²) in [4.78, 5) is 14.1. The second-order valence-electron chi connectivity index (χ2n) is 7.53. The predicted octanol–water partition coefficient (Wildman–Crippen LogP) is 4.18. The highest BCUT2D eigenvalue weighted by atomic mass is 16.5. The molecular formula is C20H22N4O. The van der Waals surface area contributed by atoms with Crippen LogP contribution in [0.1, 0.15) is 49.8 Å². The van der Waals surface area contributed by atoms with E-state index in [1.54, 1.807) is 0 Å². The monoisotopic (exact) mass is 334 g/mol. The standard InChI is InChI=1S/C20H22N4O/c1-12-9-15(10-12)25-20-22-18(14-7-8-14)13(2)19(23-20)24-11-21-16-5-3-4-6-17(16)24/h3-6,11-12,14-15H,7-10H2,1-2H3. The SMILES string of the molecule is Cc1c(C2CC2)nc(OC2CC(C)C2)nc1-n1cnc2ccccc21. The van der Waals surface area contributed by atoms with E-state index in [-0.39, 0.29) is 6.10 Å². The van der Waals surface area contributed by atoms with Gasteiger partial charge in [0.25, 0.3) is 0 Å². The highest BCUT2D eigenvalue weighted by molar-refractivity contribution is 5.77. The Morgan fingerprint density at radius 3 is 2.68 bits per heavy atom. The molecule has 5 heteroatoms. The first-order valence-electron chi connectivity index (χ1n) is 9.16. The number of rotatable bonds is 4. The van der Waals surface area contributed by atoms with Crippen molar-refractivity contribution in [2.24, 2.45) is 5.92 Å². The Hall–Kier alpha value is -2.43. The summed E-state index contributed by atoms with van der Waals surface area (Å²) in [6.45, 7) is 4.38. The van der Waals surface area contributed by atoms with Crippen molar-refractivity contribution >= 4 is 11.0 Å². The fourth-order valence-corrected chi connectivity index (χ4v) is 3.74. The number of hydrogen-bond acceptors (Lipinski definition) is 4. The molecule has 128 valence electrons. The van der Waals surface area contributed by atoms with Gasteiger partial charge in [-0.15, -0.1) is 0 Å². The van der Waals surface area contributed by atoms with Crippen LogP contribution in [0, 0.1) is 12.8 Å². The lowest BCUT2D eigenvalue weighted by molar-refractivity contribution is 0.0646. The van der Waals surface area contributed by atoms with Crippen LogP contribution in [0.25, 0.3) is 16.9 Å². The number of fused-ring (bicyclic) bond motifs is 1. The van der Waals surface area contributed by atoms with Gasteiger partial charge in [0.2, 0.25) is 0 Å². The van der Waals surface area contributed by atoms with Crippen LogP contribution in [0.4, 0.5) is 0 Å². The Morgan fingerprint density at radius 1 is 1.12 bits per heavy atom. The minimum atomic E-state index is 0.261. The van der Waals surface area contributed by atoms with E-state index in [0.717, 1.165) is 46.9 Å². The van der Waals surface area contributed by atoms with Gasteiger partial charge < -0.3 is 4.74 Å². The molecule has 0 saturated heterocycles. The highest BCUT2D eigenvalue weighted by Gasteiger charge is 2.32. The van der Waals surface area contributed by atoms with Crippen LogP contribution < -0.4 is 4.74 Å². The van der Waals surface area contributed by atoms with Gasteiger partial charge in [-0.1, -0.05) is 19.1 Å². The predicted molar refractivity (Wildman–Crippen MR) is 96.2 cm³/mol. The fraction of sp³-hybridized carbons (Fsp3) is 0.450. The van der Waals surface area contributed by atoms with Crippen molar-refractivity contribution in [1.29, 1.82) is 0 Å². The molecule has 2 aliphatic carbocycles. The van der Waals surface area contributed by atoms with Crippen LogP contribution >= 0.6 is 0 Å². The molecule has 2 aromatic heterocycles. The molecule has 2 fully saturated rings. The Labute approximate surface area is 147 Å². The normalized spacial score (nSPS) is 22.8. The molecule has 0 bridgehead atoms. The maximum atomic E-state index is 6.09. The first-order chi connectivity index (χ1) is 12.2. The summed E-state index contributed by atoms with van der Waals surface area (Å²) in [5, 5.41) is 0. The average Bonchev–Trinajstić information content (AvgIpc) is 3.34. The van der Waals surface area contributed by atoms with E-state index in [2.05, 4.69) is 29.5 Å². The molecule has 1 aromatic carbocycles. The van der Waals surface area contributed by atoms with Gasteiger partial charge in [0.15, 0.2) is 0 Å². The van der Waals surface area contributed by atoms with E-state index in [9.17, 15) is 0 Å². The van der Waals surface area contributed by atoms with E-state index >= 15 is 0 Å². The van der Waals surface area contributed by atoms with Crippen LogP contribution in [0.2, 0.25) is 0 Å². The van der Waals surface area contributed by atoms with Crippen molar-refractivity contribution in [3.8, 4) is 11.8 Å². The molecule has 2 heterocycles. The van der Waals surface area contributed by atoms with E-state index in [1.165, 1.54) is 12.8 Å². The second kappa shape index (κ2) is 5.55. The molecule has 2 aliphatic rings. The number of ether oxygens (including phenoxy) is 1. The molecular weight excluding hydrogens is 312 g/mol. The lowest BCUT2D eigenvalue weighted by atomic mass is 9.84. The van der Waals surface area contributed by atoms with E-state index < -0.39 is 0 Å². The number of imidazole rings is 1. The smallest absolute Gasteiger partial charge is 0.318 e. The molecule has 0 spiro atoms. The largest absolute Gasteiger partial charge is 0.460 e. The molecule has 0 radical (unpaired) electrons. The number of nitrogens with zero attached hydrogens (tertiary/aromatic N) is 4. The van der Waals surface area contributed by atoms with Crippen LogP contribution in [0.3, 0.4) is 0 Å². The Kier molecular flexibility index (Phi) is 3.30. The summed E-state index contributed by atoms with van der Waals surface area (Å²) < 4.78 is 8.15. The summed E-state index contributed by atoms with van der Waals surface area (Å²) in [6, 6.07) is 8.67. The van der Waals surface area contributed by atoms with E-state index in [1.807, 2.05) is 24.5 Å². The van der Waals surface area contributed by atoms with Gasteiger partial charge in [-0.3, -0.25) is 4.57 Å². The lowest BCUT2D eigenvalue weighted by Gasteiger charge is -2.32. The van der Waals surface area contributed by atoms with Gasteiger partial charge in [-0.05, 0) is 50.7 Å². The molecule has 5 rings (SSSR count). The van der Waals surface area contributed by atoms with Crippen molar-refractivity contribution in [2.75, 3.05) is 0 Å². The number of para-hydroxylation sites is 2. The zero-order chi connectivity index (χ0) is 17.0. The Balaban J connectivity index is 1.61. The third-order valence-corrected chi connectivity index (χ3v) is 5.39. The molecule has 0 N–H and O–H groups in total. The zero-order valence-corrected chi connectivity index (χ0v) is 14.6. The molecule has 0 aliphatic heterocycles. The topological polar surface area (TPSA) is 52.8 Å². The third kappa shape index (κ3) is 2.58. The van der Waals surface area contributed by atoms with Gasteiger partial charge in [0, 0.05) is 11.5 Å². The molecule has 0 amide bonds. The number of benzene rings is 1. The lowest BCUT2D eigenvalue weighted by Crippen LogP contribution is -2.32. The van der Waals surface area contributed by atoms with Crippen molar-refractivity contribution in [3.63, 3.8) is 0 Å². The number of aromatic nitrogens is 4. The van der Waals surface area contributed by atoms with E-state index in [4.69, 9.17) is 14.7 Å². The van der Waals surface area contributed by atoms with Gasteiger partial charge >= 0.3 is 6.01 Å². The average molecular weight is 334 g/mol. The van der Waals surface area contributed by atoms with Gasteiger partial charge in [-0.2, -0.15) is 9.97 Å². The quantitative estimate of drug-likeness (QED) is 0.718. The minimum Gasteiger partial charge on any atom is -0.460 e. The third-order valence-electron chi connectivity index (χ3n) is 5.39. The minimum absolute atomic E-state index is 0.261. The molecule has 5 nitrogen and oxygen atoms in total. The maximum absolute atomic E-state index is 6.09. The summed E-state index contributed by atoms with van der Waals surface area (Å²) in [5.41, 5.74) is 4.32. The van der Waals surface area contributed by atoms with Crippen LogP contribution in [0.15, 0.2) is 30.6 Å². The summed E-state index contributed by atoms with van der Waals surface area (Å²) in [5.74, 6) is 2.20. The highest BCUT2D eigenvalue weighted by Crippen LogP contribution is 2.42. The molecule has 0 unspecified atom stereocenters. The first-order valence-corrected chi connectivity index (χ1v) is 9.16. The van der Waals surface area contributed by atoms with Gasteiger partial charge in [0.05, 0.1) is 16.7 Å². The van der Waals surface area contributed by atoms with E-state index in [0.29, 0.717) is 11.9 Å². The Bertz CT molecular complexity index is 938. The van der Waals surface area contributed by atoms with Gasteiger partial charge in [0.1, 0.15) is 18.2 Å². The van der Waals surface area contributed by atoms with Crippen LogP contribution in [0.5, 0.6) is 6.01 Å². The maximum Gasteiger partial charge on any atom is 0.318 e. The fourth-order valence-electron chi connectivity index (χ4n) is 3.74. The first kappa shape index (κ1) is 14.9. The second-order valence-corrected chi connectivity index (χ2v) is 7.53. The van der Waals surface area contributed by atoms with Crippen molar-refractivity contribution < 1.29 is 4.74 Å². The summed E-state index contributed by atoms with van der Waals surface area (Å²) >= 11 is 0. The van der Waals surface area contributed by atoms with Crippen LogP contribution in [-0.2, 0) is 0 Å². The molecule has 3 aromatic rings. The van der Waals surface area contributed by atoms with Crippen molar-refractivity contribution in [1.82, 2.24) is 19.5 Å². The molecule has 0 atom stereocenters. The Morgan fingerprint density at radius 2 is 1.92 bits per heavy atom. The van der Waals surface area contributed by atoms with Crippen molar-refractivity contribution in [2.45, 2.75) is 51.6 Å². The molecule has 2 saturated carbocycles. The van der Waals surface area contributed by atoms with Gasteiger partial charge in [-0.25, -0.2) is 4.98 Å². The summed E-state index contributed by atoms with van der Waals surface area (Å²) in [7, 11) is 0. The number of hydrogen-bond donors (Lipinski definition) is 0. The van der Waals surface area contributed by atoms with Crippen molar-refractivity contribution in [3.05, 3.63) is 41.9 Å². The summed E-state index contributed by atoms with van der Waals surface area (Å²) in [6.07, 6.45) is 6.73.